The van der Waals surface area contributed by atoms with E-state index in [-0.39, 0.29) is 0 Å². The summed E-state index contributed by atoms with van der Waals surface area (Å²) in [5.74, 6) is 0.959. The summed E-state index contributed by atoms with van der Waals surface area (Å²) >= 11 is 9.32. The smallest absolute Gasteiger partial charge is 0.0931 e. The summed E-state index contributed by atoms with van der Waals surface area (Å²) in [7, 11) is 0. The maximum Gasteiger partial charge on any atom is 0.0931 e. The number of nitrogen functional groups attached to an aromatic ring is 1. The van der Waals surface area contributed by atoms with Gasteiger partial charge in [-0.1, -0.05) is 11.6 Å². The van der Waals surface area contributed by atoms with E-state index in [2.05, 4.69) is 18.2 Å². The van der Waals surface area contributed by atoms with Crippen LogP contribution in [0.25, 0.3) is 0 Å². The number of nitrogens with two attached hydrogens (primary N) is 1. The molecule has 0 spiro atoms. The summed E-state index contributed by atoms with van der Waals surface area (Å²) < 4.78 is 0.851. The van der Waals surface area contributed by atoms with Crippen LogP contribution in [0.4, 0.5) is 5.69 Å². The quantitative estimate of drug-likeness (QED) is 0.652. The topological polar surface area (TPSA) is 26.0 Å². The van der Waals surface area contributed by atoms with Crippen LogP contribution in [0.15, 0.2) is 35.2 Å². The van der Waals surface area contributed by atoms with Gasteiger partial charge in [0.2, 0.25) is 0 Å². The van der Waals surface area contributed by atoms with E-state index < -0.39 is 0 Å². The molecule has 1 aromatic heterocycles. The van der Waals surface area contributed by atoms with Crippen LogP contribution >= 0.6 is 34.7 Å². The molecule has 0 radical (unpaired) electrons. The van der Waals surface area contributed by atoms with Crippen LogP contribution in [0, 0.1) is 6.92 Å². The standard InChI is InChI=1S/C12H12ClNS2/c1-8-6-9(2-4-11(8)14)15-7-10-3-5-12(13)16-10/h2-6H,7,14H2,1H3. The number of benzene rings is 1. The Labute approximate surface area is 109 Å². The van der Waals surface area contributed by atoms with Gasteiger partial charge < -0.3 is 5.73 Å². The maximum atomic E-state index is 5.88. The Balaban J connectivity index is 2.02. The van der Waals surface area contributed by atoms with Crippen LogP contribution in [0.2, 0.25) is 4.34 Å². The van der Waals surface area contributed by atoms with Crippen molar-refractivity contribution in [3.8, 4) is 0 Å². The number of hydrogen-bond acceptors (Lipinski definition) is 3. The van der Waals surface area contributed by atoms with Crippen molar-refractivity contribution in [3.63, 3.8) is 0 Å². The first kappa shape index (κ1) is 11.8. The number of thiophene rings is 1. The van der Waals surface area contributed by atoms with Crippen LogP contribution in [-0.2, 0) is 5.75 Å². The minimum absolute atomic E-state index is 0.850. The summed E-state index contributed by atoms with van der Waals surface area (Å²) in [6, 6.07) is 10.1. The van der Waals surface area contributed by atoms with Crippen LogP contribution < -0.4 is 5.73 Å². The third-order valence-electron chi connectivity index (χ3n) is 2.25. The number of rotatable bonds is 3. The van der Waals surface area contributed by atoms with Gasteiger partial charge >= 0.3 is 0 Å². The first-order valence-electron chi connectivity index (χ1n) is 4.88. The molecular formula is C12H12ClNS2. The lowest BCUT2D eigenvalue weighted by Gasteiger charge is -2.03. The third kappa shape index (κ3) is 2.94. The van der Waals surface area contributed by atoms with Gasteiger partial charge in [0.15, 0.2) is 0 Å². The summed E-state index contributed by atoms with van der Waals surface area (Å²) in [5, 5.41) is 0. The predicted octanol–water partition coefficient (Wildman–Crippen LogP) is 4.58. The van der Waals surface area contributed by atoms with Crippen molar-refractivity contribution < 1.29 is 0 Å². The van der Waals surface area contributed by atoms with Gasteiger partial charge in [0.1, 0.15) is 0 Å². The van der Waals surface area contributed by atoms with Gasteiger partial charge in [0.05, 0.1) is 4.34 Å². The lowest BCUT2D eigenvalue weighted by atomic mass is 10.2. The fraction of sp³-hybridized carbons (Fsp3) is 0.167. The van der Waals surface area contributed by atoms with Gasteiger partial charge in [-0.05, 0) is 42.8 Å². The van der Waals surface area contributed by atoms with Crippen molar-refractivity contribution in [2.75, 3.05) is 5.73 Å². The van der Waals surface area contributed by atoms with Gasteiger partial charge in [-0.3, -0.25) is 0 Å². The van der Waals surface area contributed by atoms with Gasteiger partial charge in [-0.25, -0.2) is 0 Å². The normalized spacial score (nSPS) is 10.6. The Bertz CT molecular complexity index is 494. The SMILES string of the molecule is Cc1cc(SCc2ccc(Cl)s2)ccc1N. The summed E-state index contributed by atoms with van der Waals surface area (Å²) in [6.45, 7) is 2.03. The highest BCUT2D eigenvalue weighted by Gasteiger charge is 2.01. The third-order valence-corrected chi connectivity index (χ3v) is 4.71. The largest absolute Gasteiger partial charge is 0.399 e. The van der Waals surface area contributed by atoms with E-state index in [1.807, 2.05) is 19.1 Å². The van der Waals surface area contributed by atoms with E-state index in [0.29, 0.717) is 0 Å². The molecule has 2 N–H and O–H groups in total. The molecule has 0 bridgehead atoms. The molecule has 0 atom stereocenters. The van der Waals surface area contributed by atoms with E-state index in [1.54, 1.807) is 23.1 Å². The zero-order chi connectivity index (χ0) is 11.5. The molecule has 1 heterocycles. The molecule has 1 nitrogen and oxygen atoms in total. The second-order valence-electron chi connectivity index (χ2n) is 3.51. The Kier molecular flexibility index (Phi) is 3.79. The molecule has 0 saturated carbocycles. The Morgan fingerprint density at radius 2 is 2.12 bits per heavy atom. The van der Waals surface area contributed by atoms with Gasteiger partial charge in [-0.15, -0.1) is 23.1 Å². The molecule has 0 amide bonds. The van der Waals surface area contributed by atoms with Gasteiger partial charge in [-0.2, -0.15) is 0 Å². The number of hydrogen-bond donors (Lipinski definition) is 1. The number of halogens is 1. The highest BCUT2D eigenvalue weighted by Crippen LogP contribution is 2.30. The molecule has 4 heteroatoms. The van der Waals surface area contributed by atoms with Crippen molar-refractivity contribution in [1.82, 2.24) is 0 Å². The van der Waals surface area contributed by atoms with Gasteiger partial charge in [0.25, 0.3) is 0 Å². The van der Waals surface area contributed by atoms with E-state index in [1.165, 1.54) is 9.77 Å². The molecule has 16 heavy (non-hydrogen) atoms. The van der Waals surface area contributed by atoms with Crippen molar-refractivity contribution in [2.24, 2.45) is 0 Å². The average molecular weight is 270 g/mol. The number of aryl methyl sites for hydroxylation is 1. The van der Waals surface area contributed by atoms with Gasteiger partial charge in [0, 0.05) is 21.2 Å². The highest BCUT2D eigenvalue weighted by molar-refractivity contribution is 7.98. The molecule has 84 valence electrons. The Morgan fingerprint density at radius 3 is 2.75 bits per heavy atom. The summed E-state index contributed by atoms with van der Waals surface area (Å²) in [6.07, 6.45) is 0. The van der Waals surface area contributed by atoms with Crippen LogP contribution in [0.5, 0.6) is 0 Å². The summed E-state index contributed by atoms with van der Waals surface area (Å²) in [5.41, 5.74) is 7.76. The molecule has 2 aromatic rings. The van der Waals surface area contributed by atoms with Crippen LogP contribution in [0.1, 0.15) is 10.4 Å². The van der Waals surface area contributed by atoms with E-state index in [4.69, 9.17) is 17.3 Å². The molecule has 0 saturated heterocycles. The predicted molar refractivity (Wildman–Crippen MR) is 74.5 cm³/mol. The molecule has 1 aromatic carbocycles. The minimum atomic E-state index is 0.850. The molecular weight excluding hydrogens is 258 g/mol. The lowest BCUT2D eigenvalue weighted by Crippen LogP contribution is -1.88. The van der Waals surface area contributed by atoms with Crippen molar-refractivity contribution in [3.05, 3.63) is 45.1 Å². The van der Waals surface area contributed by atoms with Crippen LogP contribution in [-0.4, -0.2) is 0 Å². The second kappa shape index (κ2) is 5.13. The van der Waals surface area contributed by atoms with Crippen LogP contribution in [0.3, 0.4) is 0 Å². The Morgan fingerprint density at radius 1 is 1.31 bits per heavy atom. The van der Waals surface area contributed by atoms with Crippen molar-refractivity contribution in [1.29, 1.82) is 0 Å². The fourth-order valence-corrected chi connectivity index (χ4v) is 3.45. The average Bonchev–Trinajstić information content (AvgIpc) is 2.66. The van der Waals surface area contributed by atoms with E-state index >= 15 is 0 Å². The lowest BCUT2D eigenvalue weighted by molar-refractivity contribution is 1.35. The first-order chi connectivity index (χ1) is 7.65. The monoisotopic (exact) mass is 269 g/mol. The molecule has 0 aliphatic rings. The van der Waals surface area contributed by atoms with Crippen molar-refractivity contribution in [2.45, 2.75) is 17.6 Å². The molecule has 0 fully saturated rings. The zero-order valence-corrected chi connectivity index (χ0v) is 11.3. The number of anilines is 1. The summed E-state index contributed by atoms with van der Waals surface area (Å²) in [4.78, 5) is 2.54. The maximum absolute atomic E-state index is 5.88. The Hall–Kier alpha value is -0.640. The highest BCUT2D eigenvalue weighted by atomic mass is 35.5. The second-order valence-corrected chi connectivity index (χ2v) is 6.36. The van der Waals surface area contributed by atoms with E-state index in [9.17, 15) is 0 Å². The molecule has 0 unspecified atom stereocenters. The van der Waals surface area contributed by atoms with E-state index in [0.717, 1.165) is 21.3 Å². The first-order valence-corrected chi connectivity index (χ1v) is 7.06. The molecule has 2 rings (SSSR count). The molecule has 0 aliphatic carbocycles. The minimum Gasteiger partial charge on any atom is -0.399 e. The molecule has 0 aliphatic heterocycles. The van der Waals surface area contributed by atoms with Crippen molar-refractivity contribution >= 4 is 40.4 Å². The fourth-order valence-electron chi connectivity index (χ4n) is 1.32. The number of thioether (sulfide) groups is 1. The zero-order valence-electron chi connectivity index (χ0n) is 8.87.